The maximum absolute atomic E-state index is 5.24. The largest absolute Gasteiger partial charge is 0.459 e. The number of para-hydroxylation sites is 1. The lowest BCUT2D eigenvalue weighted by molar-refractivity contribution is 0.411. The first-order valence-electron chi connectivity index (χ1n) is 6.98. The molecule has 0 spiro atoms. The van der Waals surface area contributed by atoms with Crippen molar-refractivity contribution in [1.82, 2.24) is 19.7 Å². The fraction of sp³-hybridized carbons (Fsp3) is 0.0625. The van der Waals surface area contributed by atoms with Crippen LogP contribution in [0.15, 0.2) is 75.2 Å². The summed E-state index contributed by atoms with van der Waals surface area (Å²) in [4.78, 5) is 8.71. The van der Waals surface area contributed by atoms with Crippen molar-refractivity contribution in [2.75, 3.05) is 0 Å². The van der Waals surface area contributed by atoms with Gasteiger partial charge in [0.25, 0.3) is 5.89 Å². The van der Waals surface area contributed by atoms with E-state index < -0.39 is 0 Å². The van der Waals surface area contributed by atoms with Crippen molar-refractivity contribution in [3.8, 4) is 17.3 Å². The fourth-order valence-electron chi connectivity index (χ4n) is 2.12. The number of furan rings is 1. The van der Waals surface area contributed by atoms with E-state index in [2.05, 4.69) is 15.1 Å². The average molecular weight is 324 g/mol. The quantitative estimate of drug-likeness (QED) is 0.520. The number of nitrogens with zero attached hydrogens (tertiary/aromatic N) is 4. The molecule has 0 amide bonds. The molecule has 0 saturated carbocycles. The summed E-state index contributed by atoms with van der Waals surface area (Å²) in [6, 6.07) is 13.6. The maximum Gasteiger partial charge on any atom is 0.293 e. The highest BCUT2D eigenvalue weighted by Crippen LogP contribution is 2.24. The van der Waals surface area contributed by atoms with Gasteiger partial charge in [-0.25, -0.2) is 4.98 Å². The lowest BCUT2D eigenvalue weighted by Crippen LogP contribution is -1.95. The summed E-state index contributed by atoms with van der Waals surface area (Å²) < 4.78 is 12.5. The summed E-state index contributed by atoms with van der Waals surface area (Å²) in [5, 5.41) is 4.85. The van der Waals surface area contributed by atoms with Gasteiger partial charge in [0.2, 0.25) is 0 Å². The highest BCUT2D eigenvalue weighted by molar-refractivity contribution is 7.98. The Morgan fingerprint density at radius 1 is 1.09 bits per heavy atom. The Morgan fingerprint density at radius 3 is 2.83 bits per heavy atom. The smallest absolute Gasteiger partial charge is 0.293 e. The Morgan fingerprint density at radius 2 is 2.00 bits per heavy atom. The zero-order valence-corrected chi connectivity index (χ0v) is 12.8. The van der Waals surface area contributed by atoms with Crippen LogP contribution in [0.3, 0.4) is 0 Å². The highest BCUT2D eigenvalue weighted by Gasteiger charge is 2.13. The van der Waals surface area contributed by atoms with Crippen molar-refractivity contribution in [2.45, 2.75) is 10.9 Å². The summed E-state index contributed by atoms with van der Waals surface area (Å²) >= 11 is 1.55. The molecule has 0 unspecified atom stereocenters. The van der Waals surface area contributed by atoms with Gasteiger partial charge in [-0.1, -0.05) is 35.1 Å². The van der Waals surface area contributed by atoms with Crippen LogP contribution in [0.2, 0.25) is 0 Å². The number of rotatable bonds is 5. The van der Waals surface area contributed by atoms with E-state index >= 15 is 0 Å². The van der Waals surface area contributed by atoms with Crippen LogP contribution in [-0.2, 0) is 5.75 Å². The van der Waals surface area contributed by atoms with Crippen molar-refractivity contribution in [3.63, 3.8) is 0 Å². The standard InChI is InChI=1S/C16H12N4O2S/c1-2-5-12(6-3-1)20-9-8-17-16(20)23-11-14-18-15(22-19-14)13-7-4-10-21-13/h1-10H,11H2. The molecule has 7 heteroatoms. The monoisotopic (exact) mass is 324 g/mol. The van der Waals surface area contributed by atoms with Crippen molar-refractivity contribution in [2.24, 2.45) is 0 Å². The van der Waals surface area contributed by atoms with E-state index in [1.165, 1.54) is 0 Å². The van der Waals surface area contributed by atoms with Gasteiger partial charge >= 0.3 is 0 Å². The second-order valence-electron chi connectivity index (χ2n) is 4.70. The predicted molar refractivity (Wildman–Crippen MR) is 85.1 cm³/mol. The lowest BCUT2D eigenvalue weighted by atomic mass is 10.3. The Bertz CT molecular complexity index is 884. The van der Waals surface area contributed by atoms with E-state index in [4.69, 9.17) is 8.94 Å². The highest BCUT2D eigenvalue weighted by atomic mass is 32.2. The average Bonchev–Trinajstić information content (AvgIpc) is 3.33. The van der Waals surface area contributed by atoms with Crippen molar-refractivity contribution in [1.29, 1.82) is 0 Å². The number of thioether (sulfide) groups is 1. The minimum Gasteiger partial charge on any atom is -0.459 e. The first-order valence-corrected chi connectivity index (χ1v) is 7.97. The summed E-state index contributed by atoms with van der Waals surface area (Å²) in [5.41, 5.74) is 1.07. The van der Waals surface area contributed by atoms with E-state index in [1.54, 1.807) is 36.4 Å². The van der Waals surface area contributed by atoms with Gasteiger partial charge in [0.15, 0.2) is 16.7 Å². The maximum atomic E-state index is 5.24. The van der Waals surface area contributed by atoms with Crippen LogP contribution in [-0.4, -0.2) is 19.7 Å². The van der Waals surface area contributed by atoms with E-state index in [1.807, 2.05) is 41.1 Å². The minimum absolute atomic E-state index is 0.386. The molecule has 0 aliphatic rings. The van der Waals surface area contributed by atoms with Gasteiger partial charge in [-0.15, -0.1) is 0 Å². The Hall–Kier alpha value is -2.80. The number of hydrogen-bond donors (Lipinski definition) is 0. The summed E-state index contributed by atoms with van der Waals surface area (Å²) in [6.07, 6.45) is 5.28. The van der Waals surface area contributed by atoms with Gasteiger partial charge in [-0.05, 0) is 24.3 Å². The van der Waals surface area contributed by atoms with Crippen LogP contribution in [0, 0.1) is 0 Å². The third kappa shape index (κ3) is 2.91. The van der Waals surface area contributed by atoms with Gasteiger partial charge in [0.1, 0.15) is 0 Å². The predicted octanol–water partition coefficient (Wildman–Crippen LogP) is 3.81. The van der Waals surface area contributed by atoms with E-state index in [9.17, 15) is 0 Å². The molecule has 114 valence electrons. The zero-order valence-electron chi connectivity index (χ0n) is 12.0. The molecule has 0 fully saturated rings. The molecule has 4 rings (SSSR count). The SMILES string of the molecule is c1ccc(-n2ccnc2SCc2noc(-c3ccco3)n2)cc1. The van der Waals surface area contributed by atoms with Crippen molar-refractivity contribution >= 4 is 11.8 Å². The Balaban J connectivity index is 1.49. The molecule has 6 nitrogen and oxygen atoms in total. The fourth-order valence-corrected chi connectivity index (χ4v) is 2.94. The van der Waals surface area contributed by atoms with Gasteiger partial charge in [-0.3, -0.25) is 4.57 Å². The van der Waals surface area contributed by atoms with Crippen LogP contribution in [0.4, 0.5) is 0 Å². The van der Waals surface area contributed by atoms with Gasteiger partial charge in [-0.2, -0.15) is 4.98 Å². The molecular formula is C16H12N4O2S. The first kappa shape index (κ1) is 13.8. The number of imidazole rings is 1. The molecule has 3 aromatic heterocycles. The van der Waals surface area contributed by atoms with Crippen LogP contribution in [0.5, 0.6) is 0 Å². The molecule has 4 aromatic rings. The molecule has 0 aliphatic heterocycles. The molecule has 0 atom stereocenters. The van der Waals surface area contributed by atoms with E-state index in [0.717, 1.165) is 10.8 Å². The topological polar surface area (TPSA) is 69.9 Å². The lowest BCUT2D eigenvalue weighted by Gasteiger charge is -2.05. The zero-order chi connectivity index (χ0) is 15.5. The molecule has 1 aromatic carbocycles. The second-order valence-corrected chi connectivity index (χ2v) is 5.64. The van der Waals surface area contributed by atoms with Crippen molar-refractivity contribution in [3.05, 3.63) is 66.9 Å². The van der Waals surface area contributed by atoms with Gasteiger partial charge in [0.05, 0.1) is 12.0 Å². The normalized spacial score (nSPS) is 11.0. The Labute approximate surface area is 136 Å². The number of hydrogen-bond acceptors (Lipinski definition) is 6. The third-order valence-corrected chi connectivity index (χ3v) is 4.13. The minimum atomic E-state index is 0.386. The van der Waals surface area contributed by atoms with Crippen LogP contribution in [0.1, 0.15) is 5.82 Å². The number of aromatic nitrogens is 4. The molecule has 0 saturated heterocycles. The third-order valence-electron chi connectivity index (χ3n) is 3.17. The van der Waals surface area contributed by atoms with Crippen molar-refractivity contribution < 1.29 is 8.94 Å². The molecule has 0 bridgehead atoms. The molecule has 3 heterocycles. The molecule has 0 radical (unpaired) electrons. The van der Waals surface area contributed by atoms with Gasteiger partial charge in [0, 0.05) is 18.1 Å². The van der Waals surface area contributed by atoms with E-state index in [0.29, 0.717) is 23.2 Å². The molecule has 23 heavy (non-hydrogen) atoms. The van der Waals surface area contributed by atoms with E-state index in [-0.39, 0.29) is 0 Å². The number of benzene rings is 1. The van der Waals surface area contributed by atoms with Gasteiger partial charge < -0.3 is 8.94 Å². The molecular weight excluding hydrogens is 312 g/mol. The van der Waals surface area contributed by atoms with Crippen LogP contribution >= 0.6 is 11.8 Å². The van der Waals surface area contributed by atoms with Crippen LogP contribution in [0.25, 0.3) is 17.3 Å². The summed E-state index contributed by atoms with van der Waals surface area (Å²) in [7, 11) is 0. The summed E-state index contributed by atoms with van der Waals surface area (Å²) in [6.45, 7) is 0. The molecule has 0 aliphatic carbocycles. The Kier molecular flexibility index (Phi) is 3.69. The second kappa shape index (κ2) is 6.13. The molecule has 0 N–H and O–H groups in total. The van der Waals surface area contributed by atoms with Crippen LogP contribution < -0.4 is 0 Å². The first-order chi connectivity index (χ1) is 11.4. The summed E-state index contributed by atoms with van der Waals surface area (Å²) in [5.74, 6) is 2.12.